The Morgan fingerprint density at radius 3 is 2.88 bits per heavy atom. The Kier molecular flexibility index (Phi) is 2.52. The van der Waals surface area contributed by atoms with Crippen LogP contribution >= 0.6 is 0 Å². The third kappa shape index (κ3) is 1.78. The van der Waals surface area contributed by atoms with E-state index < -0.39 is 0 Å². The molecule has 2 aromatic rings. The number of fused-ring (bicyclic) bond motifs is 1. The first-order chi connectivity index (χ1) is 8.25. The van der Waals surface area contributed by atoms with Crippen molar-refractivity contribution in [2.45, 2.75) is 25.8 Å². The maximum absolute atomic E-state index is 9.60. The summed E-state index contributed by atoms with van der Waals surface area (Å²) in [6.45, 7) is 3.60. The first-order valence-corrected chi connectivity index (χ1v) is 6.01. The van der Waals surface area contributed by atoms with Crippen LogP contribution in [-0.4, -0.2) is 28.1 Å². The molecule has 0 spiro atoms. The normalized spacial score (nSPS) is 17.7. The van der Waals surface area contributed by atoms with Crippen LogP contribution < -0.4 is 0 Å². The van der Waals surface area contributed by atoms with Gasteiger partial charge in [-0.3, -0.25) is 4.68 Å². The molecule has 90 valence electrons. The predicted molar refractivity (Wildman–Crippen MR) is 65.2 cm³/mol. The number of benzene rings is 1. The van der Waals surface area contributed by atoms with Gasteiger partial charge >= 0.3 is 0 Å². The van der Waals surface area contributed by atoms with Crippen molar-refractivity contribution in [1.82, 2.24) is 9.78 Å². The minimum absolute atomic E-state index is 0.297. The molecule has 1 fully saturated rings. The van der Waals surface area contributed by atoms with Gasteiger partial charge in [0, 0.05) is 24.7 Å². The molecule has 0 bridgehead atoms. The van der Waals surface area contributed by atoms with Gasteiger partial charge in [0.05, 0.1) is 17.3 Å². The number of aryl methyl sites for hydroxylation is 1. The number of aromatic hydroxyl groups is 1. The fourth-order valence-corrected chi connectivity index (χ4v) is 2.49. The summed E-state index contributed by atoms with van der Waals surface area (Å²) >= 11 is 0. The predicted octanol–water partition coefficient (Wildman–Crippen LogP) is 2.40. The molecule has 1 aromatic carbocycles. The molecular weight excluding hydrogens is 216 g/mol. The highest BCUT2D eigenvalue weighted by Gasteiger charge is 2.19. The molecule has 4 nitrogen and oxygen atoms in total. The Morgan fingerprint density at radius 2 is 2.12 bits per heavy atom. The number of ether oxygens (including phenoxy) is 1. The number of hydrogen-bond donors (Lipinski definition) is 1. The average molecular weight is 232 g/mol. The highest BCUT2D eigenvalue weighted by molar-refractivity contribution is 5.83. The lowest BCUT2D eigenvalue weighted by Crippen LogP contribution is -2.20. The van der Waals surface area contributed by atoms with Gasteiger partial charge in [0.2, 0.25) is 0 Å². The summed E-state index contributed by atoms with van der Waals surface area (Å²) in [5.41, 5.74) is 2.04. The molecule has 1 aromatic heterocycles. The minimum Gasteiger partial charge on any atom is -0.508 e. The standard InChI is InChI=1S/C13H16N2O2/c1-9-12-3-2-11(16)8-13(12)15(14-9)10-4-6-17-7-5-10/h2-3,8,10,16H,4-7H2,1H3. The van der Waals surface area contributed by atoms with E-state index in [0.717, 1.165) is 42.7 Å². The first-order valence-electron chi connectivity index (χ1n) is 6.01. The summed E-state index contributed by atoms with van der Waals surface area (Å²) in [5.74, 6) is 0.297. The van der Waals surface area contributed by atoms with E-state index in [0.29, 0.717) is 11.8 Å². The van der Waals surface area contributed by atoms with Crippen LogP contribution in [0.15, 0.2) is 18.2 Å². The Labute approximate surface area is 99.8 Å². The van der Waals surface area contributed by atoms with E-state index in [1.165, 1.54) is 0 Å². The highest BCUT2D eigenvalue weighted by atomic mass is 16.5. The van der Waals surface area contributed by atoms with Gasteiger partial charge in [0.25, 0.3) is 0 Å². The molecular formula is C13H16N2O2. The second-order valence-corrected chi connectivity index (χ2v) is 4.57. The quantitative estimate of drug-likeness (QED) is 0.821. The van der Waals surface area contributed by atoms with Crippen molar-refractivity contribution in [3.8, 4) is 5.75 Å². The molecule has 0 saturated carbocycles. The van der Waals surface area contributed by atoms with Gasteiger partial charge in [0.1, 0.15) is 5.75 Å². The molecule has 0 atom stereocenters. The molecule has 0 unspecified atom stereocenters. The molecule has 0 radical (unpaired) electrons. The van der Waals surface area contributed by atoms with Gasteiger partial charge in [-0.1, -0.05) is 0 Å². The van der Waals surface area contributed by atoms with Gasteiger partial charge < -0.3 is 9.84 Å². The van der Waals surface area contributed by atoms with Gasteiger partial charge in [-0.15, -0.1) is 0 Å². The van der Waals surface area contributed by atoms with Crippen molar-refractivity contribution < 1.29 is 9.84 Å². The lowest BCUT2D eigenvalue weighted by Gasteiger charge is -2.23. The number of rotatable bonds is 1. The van der Waals surface area contributed by atoms with E-state index >= 15 is 0 Å². The van der Waals surface area contributed by atoms with Crippen LogP contribution in [0.25, 0.3) is 10.9 Å². The van der Waals surface area contributed by atoms with Crippen molar-refractivity contribution >= 4 is 10.9 Å². The molecule has 17 heavy (non-hydrogen) atoms. The maximum Gasteiger partial charge on any atom is 0.117 e. The number of nitrogens with zero attached hydrogens (tertiary/aromatic N) is 2. The summed E-state index contributed by atoms with van der Waals surface area (Å²) in [5, 5.41) is 15.3. The molecule has 4 heteroatoms. The van der Waals surface area contributed by atoms with Crippen molar-refractivity contribution in [2.75, 3.05) is 13.2 Å². The Hall–Kier alpha value is -1.55. The van der Waals surface area contributed by atoms with E-state index in [2.05, 4.69) is 5.10 Å². The number of phenolic OH excluding ortho intramolecular Hbond substituents is 1. The lowest BCUT2D eigenvalue weighted by atomic mass is 10.1. The van der Waals surface area contributed by atoms with Crippen molar-refractivity contribution in [3.05, 3.63) is 23.9 Å². The van der Waals surface area contributed by atoms with Crippen LogP contribution in [0.4, 0.5) is 0 Å². The van der Waals surface area contributed by atoms with E-state index in [1.807, 2.05) is 17.7 Å². The summed E-state index contributed by atoms with van der Waals surface area (Å²) in [6, 6.07) is 5.83. The van der Waals surface area contributed by atoms with E-state index in [-0.39, 0.29) is 0 Å². The van der Waals surface area contributed by atoms with E-state index in [4.69, 9.17) is 4.74 Å². The van der Waals surface area contributed by atoms with Gasteiger partial charge in [-0.2, -0.15) is 5.10 Å². The second kappa shape index (κ2) is 4.04. The highest BCUT2D eigenvalue weighted by Crippen LogP contribution is 2.29. The third-order valence-electron chi connectivity index (χ3n) is 3.41. The fraction of sp³-hybridized carbons (Fsp3) is 0.462. The fourth-order valence-electron chi connectivity index (χ4n) is 2.49. The number of hydrogen-bond acceptors (Lipinski definition) is 3. The first kappa shape index (κ1) is 10.6. The van der Waals surface area contributed by atoms with E-state index in [9.17, 15) is 5.11 Å². The smallest absolute Gasteiger partial charge is 0.117 e. The van der Waals surface area contributed by atoms with Crippen LogP contribution in [-0.2, 0) is 4.74 Å². The van der Waals surface area contributed by atoms with Crippen molar-refractivity contribution in [1.29, 1.82) is 0 Å². The van der Waals surface area contributed by atoms with Crippen LogP contribution in [0, 0.1) is 6.92 Å². The topological polar surface area (TPSA) is 47.3 Å². The van der Waals surface area contributed by atoms with E-state index in [1.54, 1.807) is 12.1 Å². The molecule has 1 N–H and O–H groups in total. The Morgan fingerprint density at radius 1 is 1.35 bits per heavy atom. The SMILES string of the molecule is Cc1nn(C2CCOCC2)c2cc(O)ccc12. The van der Waals surface area contributed by atoms with Gasteiger partial charge in [-0.25, -0.2) is 0 Å². The molecule has 0 amide bonds. The number of aromatic nitrogens is 2. The van der Waals surface area contributed by atoms with Crippen LogP contribution in [0.3, 0.4) is 0 Å². The largest absolute Gasteiger partial charge is 0.508 e. The molecule has 3 rings (SSSR count). The van der Waals surface area contributed by atoms with Crippen molar-refractivity contribution in [3.63, 3.8) is 0 Å². The van der Waals surface area contributed by atoms with Gasteiger partial charge in [-0.05, 0) is 31.9 Å². The molecule has 1 aliphatic heterocycles. The third-order valence-corrected chi connectivity index (χ3v) is 3.41. The molecule has 1 saturated heterocycles. The van der Waals surface area contributed by atoms with Crippen molar-refractivity contribution in [2.24, 2.45) is 0 Å². The summed E-state index contributed by atoms with van der Waals surface area (Å²) in [6.07, 6.45) is 1.98. The zero-order chi connectivity index (χ0) is 11.8. The lowest BCUT2D eigenvalue weighted by molar-refractivity contribution is 0.0674. The number of phenols is 1. The maximum atomic E-state index is 9.60. The molecule has 0 aliphatic carbocycles. The Balaban J connectivity index is 2.11. The summed E-state index contributed by atoms with van der Waals surface area (Å²) in [7, 11) is 0. The average Bonchev–Trinajstić information content (AvgIpc) is 2.67. The van der Waals surface area contributed by atoms with Crippen LogP contribution in [0.2, 0.25) is 0 Å². The second-order valence-electron chi connectivity index (χ2n) is 4.57. The summed E-state index contributed by atoms with van der Waals surface area (Å²) < 4.78 is 7.42. The summed E-state index contributed by atoms with van der Waals surface area (Å²) in [4.78, 5) is 0. The molecule has 1 aliphatic rings. The Bertz CT molecular complexity index is 542. The van der Waals surface area contributed by atoms with Gasteiger partial charge in [0.15, 0.2) is 0 Å². The monoisotopic (exact) mass is 232 g/mol. The zero-order valence-corrected chi connectivity index (χ0v) is 9.89. The van der Waals surface area contributed by atoms with Crippen LogP contribution in [0.1, 0.15) is 24.6 Å². The molecule has 2 heterocycles. The minimum atomic E-state index is 0.297. The zero-order valence-electron chi connectivity index (χ0n) is 9.89. The van der Waals surface area contributed by atoms with Crippen LogP contribution in [0.5, 0.6) is 5.75 Å².